The van der Waals surface area contributed by atoms with Crippen molar-refractivity contribution in [2.75, 3.05) is 11.4 Å². The van der Waals surface area contributed by atoms with E-state index in [2.05, 4.69) is 11.8 Å². The van der Waals surface area contributed by atoms with Gasteiger partial charge in [-0.3, -0.25) is 4.79 Å². The first-order valence-electron chi connectivity index (χ1n) is 5.75. The van der Waals surface area contributed by atoms with Crippen LogP contribution < -0.4 is 4.90 Å². The molecule has 0 spiro atoms. The summed E-state index contributed by atoms with van der Waals surface area (Å²) in [5, 5.41) is 1.12. The monoisotopic (exact) mass is 271 g/mol. The number of Topliss-reactive ketones (excluding diaryl/α,β-unsaturated/α-hetero) is 1. The number of rotatable bonds is 1. The molecule has 1 heterocycles. The Kier molecular flexibility index (Phi) is 3.64. The summed E-state index contributed by atoms with van der Waals surface area (Å²) in [6, 6.07) is 5.82. The molecule has 0 bridgehead atoms. The van der Waals surface area contributed by atoms with Crippen molar-refractivity contribution in [1.29, 1.82) is 0 Å². The lowest BCUT2D eigenvalue weighted by Crippen LogP contribution is -2.46. The van der Waals surface area contributed by atoms with Crippen molar-refractivity contribution in [3.63, 3.8) is 0 Å². The van der Waals surface area contributed by atoms with E-state index in [-0.39, 0.29) is 12.0 Å². The van der Waals surface area contributed by atoms with Gasteiger partial charge >= 0.3 is 0 Å². The molecule has 1 saturated heterocycles. The molecule has 1 aromatic carbocycles. The predicted octanol–water partition coefficient (Wildman–Crippen LogP) is 3.80. The highest BCUT2D eigenvalue weighted by Crippen LogP contribution is 2.31. The van der Waals surface area contributed by atoms with Crippen molar-refractivity contribution >= 4 is 34.7 Å². The van der Waals surface area contributed by atoms with Gasteiger partial charge in [-0.2, -0.15) is 0 Å². The Balaban J connectivity index is 2.27. The summed E-state index contributed by atoms with van der Waals surface area (Å²) in [5.41, 5.74) is 1.03. The molecule has 0 saturated carbocycles. The minimum Gasteiger partial charge on any atom is -0.368 e. The molecule has 2 atom stereocenters. The number of nitrogens with zero attached hydrogens (tertiary/aromatic N) is 1. The van der Waals surface area contributed by atoms with Gasteiger partial charge in [0.15, 0.2) is 0 Å². The molecular weight excluding hydrogens is 257 g/mol. The fraction of sp³-hybridized carbons (Fsp3) is 0.462. The van der Waals surface area contributed by atoms with Crippen molar-refractivity contribution in [3.05, 3.63) is 28.2 Å². The minimum absolute atomic E-state index is 0.0678. The third kappa shape index (κ3) is 2.43. The van der Waals surface area contributed by atoms with E-state index in [1.165, 1.54) is 0 Å². The fourth-order valence-corrected chi connectivity index (χ4v) is 2.52. The molecule has 0 aromatic heterocycles. The van der Waals surface area contributed by atoms with Gasteiger partial charge in [-0.25, -0.2) is 0 Å². The lowest BCUT2D eigenvalue weighted by atomic mass is 9.90. The highest BCUT2D eigenvalue weighted by Gasteiger charge is 2.30. The second-order valence-corrected chi connectivity index (χ2v) is 5.35. The Hall–Kier alpha value is -0.730. The van der Waals surface area contributed by atoms with Gasteiger partial charge < -0.3 is 4.90 Å². The number of carbonyl (C=O) groups excluding carboxylic acids is 1. The van der Waals surface area contributed by atoms with Crippen LogP contribution in [0, 0.1) is 5.92 Å². The van der Waals surface area contributed by atoms with E-state index in [4.69, 9.17) is 23.2 Å². The predicted molar refractivity (Wildman–Crippen MR) is 72.1 cm³/mol. The molecule has 1 aliphatic heterocycles. The molecule has 2 rings (SSSR count). The molecule has 0 N–H and O–H groups in total. The molecule has 2 nitrogen and oxygen atoms in total. The SMILES string of the molecule is CC1C(=O)CCN(c2ccc(Cl)c(Cl)c2)C1C. The standard InChI is InChI=1S/C13H15Cl2NO/c1-8-9(2)16(6-5-13(8)17)10-3-4-11(14)12(15)7-10/h3-4,7-9H,5-6H2,1-2H3. The van der Waals surface area contributed by atoms with Gasteiger partial charge in [0.2, 0.25) is 0 Å². The molecule has 0 aliphatic carbocycles. The number of piperidine rings is 1. The number of ketones is 1. The Bertz CT molecular complexity index is 447. The van der Waals surface area contributed by atoms with E-state index >= 15 is 0 Å². The number of halogens is 2. The van der Waals surface area contributed by atoms with E-state index in [1.54, 1.807) is 6.07 Å². The largest absolute Gasteiger partial charge is 0.368 e. The van der Waals surface area contributed by atoms with Gasteiger partial charge in [0, 0.05) is 30.6 Å². The first-order valence-corrected chi connectivity index (χ1v) is 6.50. The average molecular weight is 272 g/mol. The highest BCUT2D eigenvalue weighted by molar-refractivity contribution is 6.42. The van der Waals surface area contributed by atoms with Crippen LogP contribution in [0.5, 0.6) is 0 Å². The quantitative estimate of drug-likeness (QED) is 0.775. The van der Waals surface area contributed by atoms with Crippen molar-refractivity contribution in [1.82, 2.24) is 0 Å². The number of hydrogen-bond donors (Lipinski definition) is 0. The molecule has 1 aromatic rings. The van der Waals surface area contributed by atoms with Gasteiger partial charge in [-0.15, -0.1) is 0 Å². The summed E-state index contributed by atoms with van der Waals surface area (Å²) in [7, 11) is 0. The first kappa shape index (κ1) is 12.7. The number of anilines is 1. The van der Waals surface area contributed by atoms with Crippen LogP contribution in [0.25, 0.3) is 0 Å². The lowest BCUT2D eigenvalue weighted by molar-refractivity contribution is -0.123. The maximum atomic E-state index is 11.6. The van der Waals surface area contributed by atoms with Gasteiger partial charge in [0.1, 0.15) is 5.78 Å². The smallest absolute Gasteiger partial charge is 0.139 e. The second-order valence-electron chi connectivity index (χ2n) is 4.54. The first-order chi connectivity index (χ1) is 8.00. The maximum Gasteiger partial charge on any atom is 0.139 e. The average Bonchev–Trinajstić information content (AvgIpc) is 2.30. The normalized spacial score (nSPS) is 25.2. The van der Waals surface area contributed by atoms with Gasteiger partial charge in [0.25, 0.3) is 0 Å². The maximum absolute atomic E-state index is 11.6. The molecule has 1 fully saturated rings. The molecule has 0 amide bonds. The summed E-state index contributed by atoms with van der Waals surface area (Å²) in [6.07, 6.45) is 0.603. The molecule has 0 radical (unpaired) electrons. The molecule has 1 aliphatic rings. The van der Waals surface area contributed by atoms with Crippen molar-refractivity contribution in [3.8, 4) is 0 Å². The van der Waals surface area contributed by atoms with Crippen LogP contribution >= 0.6 is 23.2 Å². The van der Waals surface area contributed by atoms with Crippen LogP contribution in [-0.2, 0) is 4.79 Å². The summed E-state index contributed by atoms with van der Waals surface area (Å²) >= 11 is 11.9. The third-order valence-corrected chi connectivity index (χ3v) is 4.30. The van der Waals surface area contributed by atoms with E-state index in [1.807, 2.05) is 19.1 Å². The second kappa shape index (κ2) is 4.87. The summed E-state index contributed by atoms with van der Waals surface area (Å²) in [5.74, 6) is 0.409. The van der Waals surface area contributed by atoms with Crippen molar-refractivity contribution < 1.29 is 4.79 Å². The van der Waals surface area contributed by atoms with Crippen molar-refractivity contribution in [2.24, 2.45) is 5.92 Å². The molecule has 92 valence electrons. The van der Waals surface area contributed by atoms with Gasteiger partial charge in [0.05, 0.1) is 10.0 Å². The lowest BCUT2D eigenvalue weighted by Gasteiger charge is -2.38. The van der Waals surface area contributed by atoms with E-state index < -0.39 is 0 Å². The summed E-state index contributed by atoms with van der Waals surface area (Å²) in [6.45, 7) is 4.81. The number of benzene rings is 1. The number of hydrogen-bond acceptors (Lipinski definition) is 2. The molecule has 4 heteroatoms. The Morgan fingerprint density at radius 3 is 2.59 bits per heavy atom. The zero-order valence-electron chi connectivity index (χ0n) is 9.91. The van der Waals surface area contributed by atoms with E-state index in [9.17, 15) is 4.79 Å². The molecular formula is C13H15Cl2NO. The topological polar surface area (TPSA) is 20.3 Å². The van der Waals surface area contributed by atoms with Crippen LogP contribution in [0.15, 0.2) is 18.2 Å². The van der Waals surface area contributed by atoms with Crippen LogP contribution in [-0.4, -0.2) is 18.4 Å². The van der Waals surface area contributed by atoms with E-state index in [0.717, 1.165) is 12.2 Å². The third-order valence-electron chi connectivity index (χ3n) is 3.56. The minimum atomic E-state index is 0.0678. The van der Waals surface area contributed by atoms with Crippen LogP contribution in [0.4, 0.5) is 5.69 Å². The zero-order chi connectivity index (χ0) is 12.6. The fourth-order valence-electron chi connectivity index (χ4n) is 2.23. The zero-order valence-corrected chi connectivity index (χ0v) is 11.4. The Morgan fingerprint density at radius 2 is 1.94 bits per heavy atom. The van der Waals surface area contributed by atoms with Crippen LogP contribution in [0.3, 0.4) is 0 Å². The Labute approximate surface area is 112 Å². The summed E-state index contributed by atoms with van der Waals surface area (Å²) < 4.78 is 0. The van der Waals surface area contributed by atoms with Crippen LogP contribution in [0.2, 0.25) is 10.0 Å². The molecule has 2 unspecified atom stereocenters. The van der Waals surface area contributed by atoms with E-state index in [0.29, 0.717) is 22.2 Å². The van der Waals surface area contributed by atoms with Gasteiger partial charge in [-0.1, -0.05) is 30.1 Å². The van der Waals surface area contributed by atoms with Crippen LogP contribution in [0.1, 0.15) is 20.3 Å². The molecule has 17 heavy (non-hydrogen) atoms. The number of carbonyl (C=O) groups is 1. The highest BCUT2D eigenvalue weighted by atomic mass is 35.5. The van der Waals surface area contributed by atoms with Crippen molar-refractivity contribution in [2.45, 2.75) is 26.3 Å². The van der Waals surface area contributed by atoms with Gasteiger partial charge in [-0.05, 0) is 25.1 Å². The summed E-state index contributed by atoms with van der Waals surface area (Å²) in [4.78, 5) is 13.8. The Morgan fingerprint density at radius 1 is 1.24 bits per heavy atom.